The Hall–Kier alpha value is -4.25. The maximum absolute atomic E-state index is 11.7. The number of aliphatic imine (C=N–C) groups is 2. The molecule has 0 bridgehead atoms. The first kappa shape index (κ1) is 39.2. The van der Waals surface area contributed by atoms with Crippen LogP contribution in [0, 0.1) is 0 Å². The van der Waals surface area contributed by atoms with Gasteiger partial charge in [-0.05, 0) is 132 Å². The second-order valence-electron chi connectivity index (χ2n) is 12.7. The minimum Gasteiger partial charge on any atom is -0.504 e. The molecule has 49 heavy (non-hydrogen) atoms. The Labute approximate surface area is 295 Å². The summed E-state index contributed by atoms with van der Waals surface area (Å²) >= 11 is 0. The average molecular weight is 663 g/mol. The molecule has 0 atom stereocenters. The number of unbranched alkanes of at least 4 members (excludes halogenated alkanes) is 2. The molecule has 0 unspecified atom stereocenters. The molecule has 0 aliphatic carbocycles. The van der Waals surface area contributed by atoms with Crippen molar-refractivity contribution in [2.75, 3.05) is 0 Å². The predicted octanol–water partition coefficient (Wildman–Crippen LogP) is 11.7. The van der Waals surface area contributed by atoms with Crippen LogP contribution in [0.15, 0.2) is 70.6 Å². The van der Waals surface area contributed by atoms with E-state index in [9.17, 15) is 15.0 Å². The first-order valence-corrected chi connectivity index (χ1v) is 18.5. The predicted molar refractivity (Wildman–Crippen MR) is 210 cm³/mol. The van der Waals surface area contributed by atoms with Gasteiger partial charge in [0.15, 0.2) is 11.5 Å². The molecule has 262 valence electrons. The van der Waals surface area contributed by atoms with Crippen molar-refractivity contribution in [1.82, 2.24) is 0 Å². The van der Waals surface area contributed by atoms with E-state index in [1.54, 1.807) is 12.1 Å². The van der Waals surface area contributed by atoms with Crippen LogP contribution >= 0.6 is 0 Å². The van der Waals surface area contributed by atoms with E-state index in [0.717, 1.165) is 103 Å². The average Bonchev–Trinajstić information content (AvgIpc) is 3.12. The minimum atomic E-state index is -0.139. The summed E-state index contributed by atoms with van der Waals surface area (Å²) in [6.07, 6.45) is 13.4. The smallest absolute Gasteiger partial charge is 0.158 e. The van der Waals surface area contributed by atoms with Gasteiger partial charge in [0, 0.05) is 19.1 Å². The third-order valence-corrected chi connectivity index (χ3v) is 9.20. The highest BCUT2D eigenvalue weighted by Crippen LogP contribution is 2.35. The Morgan fingerprint density at radius 1 is 0.612 bits per heavy atom. The molecule has 0 aliphatic heterocycles. The number of aryl methyl sites for hydroxylation is 5. The SMILES string of the molecule is CCCCC(C=Nc1ccc(CC)c(CC)c1)=Nc1ccc(CC)c(CC)c1.CCCCc1ccc(CC(=O)CC)c2cc(O)c(O)cc12. The van der Waals surface area contributed by atoms with Crippen molar-refractivity contribution in [1.29, 1.82) is 0 Å². The second kappa shape index (κ2) is 20.3. The topological polar surface area (TPSA) is 82.2 Å². The Bertz CT molecular complexity index is 1730. The van der Waals surface area contributed by atoms with Crippen LogP contribution in [0.4, 0.5) is 11.4 Å². The number of fused-ring (bicyclic) bond motifs is 1. The third-order valence-electron chi connectivity index (χ3n) is 9.20. The van der Waals surface area contributed by atoms with E-state index < -0.39 is 0 Å². The highest BCUT2D eigenvalue weighted by Gasteiger charge is 2.12. The van der Waals surface area contributed by atoms with E-state index in [4.69, 9.17) is 9.98 Å². The zero-order valence-electron chi connectivity index (χ0n) is 31.0. The van der Waals surface area contributed by atoms with Crippen LogP contribution < -0.4 is 0 Å². The number of phenols is 2. The number of carbonyl (C=O) groups is 1. The maximum Gasteiger partial charge on any atom is 0.158 e. The Morgan fingerprint density at radius 2 is 1.12 bits per heavy atom. The molecule has 4 aromatic carbocycles. The van der Waals surface area contributed by atoms with Gasteiger partial charge in [-0.3, -0.25) is 14.8 Å². The van der Waals surface area contributed by atoms with Crippen LogP contribution in [0.25, 0.3) is 10.8 Å². The minimum absolute atomic E-state index is 0.112. The zero-order valence-corrected chi connectivity index (χ0v) is 31.0. The summed E-state index contributed by atoms with van der Waals surface area (Å²) in [5.41, 5.74) is 10.8. The number of hydrogen-bond donors (Lipinski definition) is 2. The van der Waals surface area contributed by atoms with E-state index in [0.29, 0.717) is 12.8 Å². The largest absolute Gasteiger partial charge is 0.504 e. The first-order chi connectivity index (χ1) is 23.7. The number of carbonyl (C=O) groups excluding carboxylic acids is 1. The molecule has 5 heteroatoms. The molecule has 0 amide bonds. The van der Waals surface area contributed by atoms with Gasteiger partial charge in [-0.1, -0.05) is 85.6 Å². The van der Waals surface area contributed by atoms with Crippen LogP contribution in [-0.2, 0) is 43.3 Å². The molecule has 0 aliphatic rings. The van der Waals surface area contributed by atoms with Crippen LogP contribution in [0.3, 0.4) is 0 Å². The van der Waals surface area contributed by atoms with E-state index in [1.807, 2.05) is 25.3 Å². The van der Waals surface area contributed by atoms with Crippen molar-refractivity contribution in [2.45, 2.75) is 126 Å². The van der Waals surface area contributed by atoms with Crippen LogP contribution in [-0.4, -0.2) is 27.9 Å². The van der Waals surface area contributed by atoms with Gasteiger partial charge in [0.2, 0.25) is 0 Å². The Morgan fingerprint density at radius 3 is 1.67 bits per heavy atom. The van der Waals surface area contributed by atoms with E-state index in [-0.39, 0.29) is 17.3 Å². The quantitative estimate of drug-likeness (QED) is 0.0925. The first-order valence-electron chi connectivity index (χ1n) is 18.5. The molecule has 0 saturated heterocycles. The van der Waals surface area contributed by atoms with Crippen molar-refractivity contribution in [2.24, 2.45) is 9.98 Å². The highest BCUT2D eigenvalue weighted by molar-refractivity contribution is 6.31. The van der Waals surface area contributed by atoms with Gasteiger partial charge in [0.25, 0.3) is 0 Å². The molecular formula is C44H58N2O3. The van der Waals surface area contributed by atoms with Gasteiger partial charge in [0.05, 0.1) is 17.1 Å². The van der Waals surface area contributed by atoms with Gasteiger partial charge in [-0.25, -0.2) is 0 Å². The fourth-order valence-corrected chi connectivity index (χ4v) is 6.11. The molecule has 0 heterocycles. The third kappa shape index (κ3) is 11.4. The summed E-state index contributed by atoms with van der Waals surface area (Å²) in [5, 5.41) is 21.3. The van der Waals surface area contributed by atoms with Crippen molar-refractivity contribution in [3.05, 3.63) is 94.0 Å². The second-order valence-corrected chi connectivity index (χ2v) is 12.7. The highest BCUT2D eigenvalue weighted by atomic mass is 16.3. The number of aromatic hydroxyl groups is 2. The lowest BCUT2D eigenvalue weighted by Crippen LogP contribution is -2.02. The van der Waals surface area contributed by atoms with Gasteiger partial charge >= 0.3 is 0 Å². The summed E-state index contributed by atoms with van der Waals surface area (Å²) in [7, 11) is 0. The van der Waals surface area contributed by atoms with E-state index in [2.05, 4.69) is 77.9 Å². The normalized spacial score (nSPS) is 11.6. The lowest BCUT2D eigenvalue weighted by molar-refractivity contribution is -0.118. The maximum atomic E-state index is 11.7. The molecular weight excluding hydrogens is 604 g/mol. The van der Waals surface area contributed by atoms with Crippen molar-refractivity contribution < 1.29 is 15.0 Å². The monoisotopic (exact) mass is 662 g/mol. The number of rotatable bonds is 16. The molecule has 4 aromatic rings. The standard InChI is InChI=1S/C26H36N2.C18H22O3/c1-6-11-12-26(28-25-16-14-21(8-3)23(10-5)18-25)19-27-24-15-13-20(7-2)22(9-4)17-24;1-3-5-6-12-7-8-13(9-14(19)4-2)16-11-18(21)17(20)10-15(12)16/h13-19H,6-12H2,1-5H3;7-8,10-11,20-21H,3-6,9H2,1-2H3. The fourth-order valence-electron chi connectivity index (χ4n) is 6.11. The number of benzene rings is 4. The number of ketones is 1. The number of phenolic OH excluding ortho intramolecular Hbond substituents is 2. The van der Waals surface area contributed by atoms with Crippen LogP contribution in [0.2, 0.25) is 0 Å². The summed E-state index contributed by atoms with van der Waals surface area (Å²) in [6.45, 7) is 15.1. The van der Waals surface area contributed by atoms with E-state index in [1.165, 1.54) is 22.3 Å². The van der Waals surface area contributed by atoms with Crippen molar-refractivity contribution in [3.8, 4) is 11.5 Å². The number of Topliss-reactive ketones (excluding diaryl/α,β-unsaturated/α-hetero) is 1. The molecule has 0 spiro atoms. The van der Waals surface area contributed by atoms with Crippen molar-refractivity contribution >= 4 is 39.9 Å². The Balaban J connectivity index is 0.000000276. The van der Waals surface area contributed by atoms with Crippen LogP contribution in [0.5, 0.6) is 11.5 Å². The van der Waals surface area contributed by atoms with E-state index >= 15 is 0 Å². The molecule has 5 nitrogen and oxygen atoms in total. The summed E-state index contributed by atoms with van der Waals surface area (Å²) in [4.78, 5) is 21.4. The van der Waals surface area contributed by atoms with Gasteiger partial charge in [-0.15, -0.1) is 0 Å². The van der Waals surface area contributed by atoms with Gasteiger partial charge < -0.3 is 10.2 Å². The molecule has 0 radical (unpaired) electrons. The zero-order chi connectivity index (χ0) is 35.8. The summed E-state index contributed by atoms with van der Waals surface area (Å²) in [6, 6.07) is 20.3. The molecule has 4 rings (SSSR count). The lowest BCUT2D eigenvalue weighted by atomic mass is 9.93. The molecule has 0 aromatic heterocycles. The van der Waals surface area contributed by atoms with Crippen molar-refractivity contribution in [3.63, 3.8) is 0 Å². The number of hydrogen-bond acceptors (Lipinski definition) is 5. The molecule has 0 saturated carbocycles. The molecule has 2 N–H and O–H groups in total. The fraction of sp³-hybridized carbons (Fsp3) is 0.432. The van der Waals surface area contributed by atoms with Gasteiger partial charge in [-0.2, -0.15) is 0 Å². The lowest BCUT2D eigenvalue weighted by Gasteiger charge is -2.12. The van der Waals surface area contributed by atoms with Gasteiger partial charge in [0.1, 0.15) is 5.78 Å². The summed E-state index contributed by atoms with van der Waals surface area (Å²) in [5.74, 6) is -0.0790. The molecule has 0 fully saturated rings. The Kier molecular flexibility index (Phi) is 16.2. The number of nitrogens with zero attached hydrogens (tertiary/aromatic N) is 2. The summed E-state index contributed by atoms with van der Waals surface area (Å²) < 4.78 is 0. The van der Waals surface area contributed by atoms with Crippen LogP contribution in [0.1, 0.15) is 120 Å².